The van der Waals surface area contributed by atoms with Gasteiger partial charge >= 0.3 is 12.0 Å². The molecule has 0 atom stereocenters. The first-order chi connectivity index (χ1) is 11.9. The number of aryl methyl sites for hydroxylation is 2. The number of hydrogen-bond donors (Lipinski definition) is 2. The van der Waals surface area contributed by atoms with Crippen LogP contribution in [0.1, 0.15) is 28.7 Å². The van der Waals surface area contributed by atoms with Gasteiger partial charge in [-0.25, -0.2) is 9.59 Å². The van der Waals surface area contributed by atoms with Crippen LogP contribution in [-0.2, 0) is 11.3 Å². The fourth-order valence-electron chi connectivity index (χ4n) is 2.44. The van der Waals surface area contributed by atoms with E-state index in [1.54, 1.807) is 31.2 Å². The zero-order chi connectivity index (χ0) is 18.4. The van der Waals surface area contributed by atoms with Crippen molar-refractivity contribution in [2.24, 2.45) is 0 Å². The van der Waals surface area contributed by atoms with Gasteiger partial charge in [-0.3, -0.25) is 4.31 Å². The highest BCUT2D eigenvalue weighted by Gasteiger charge is 2.12. The second-order valence-corrected chi connectivity index (χ2v) is 6.10. The van der Waals surface area contributed by atoms with Crippen molar-refractivity contribution in [1.29, 1.82) is 0 Å². The van der Waals surface area contributed by atoms with Crippen LogP contribution in [-0.4, -0.2) is 34.0 Å². The summed E-state index contributed by atoms with van der Waals surface area (Å²) >= 11 is 4.25. The van der Waals surface area contributed by atoms with E-state index >= 15 is 0 Å². The third kappa shape index (κ3) is 5.03. The third-order valence-corrected chi connectivity index (χ3v) is 4.22. The Kier molecular flexibility index (Phi) is 6.52. The van der Waals surface area contributed by atoms with Crippen molar-refractivity contribution >= 4 is 30.5 Å². The molecule has 0 aliphatic heterocycles. The van der Waals surface area contributed by atoms with Crippen LogP contribution in [0.15, 0.2) is 36.4 Å². The number of rotatable bonds is 6. The van der Waals surface area contributed by atoms with Crippen molar-refractivity contribution in [2.75, 3.05) is 18.5 Å². The van der Waals surface area contributed by atoms with E-state index < -0.39 is 0 Å². The van der Waals surface area contributed by atoms with Crippen molar-refractivity contribution in [3.05, 3.63) is 53.3 Å². The second-order valence-electron chi connectivity index (χ2n) is 5.62. The summed E-state index contributed by atoms with van der Waals surface area (Å²) in [6, 6.07) is 10.3. The van der Waals surface area contributed by atoms with Gasteiger partial charge in [0, 0.05) is 23.6 Å². The molecular weight excluding hydrogens is 338 g/mol. The molecule has 7 heteroatoms. The molecule has 0 bridgehead atoms. The van der Waals surface area contributed by atoms with Gasteiger partial charge in [-0.15, -0.1) is 0 Å². The molecule has 2 aromatic rings. The number of amides is 2. The number of urea groups is 1. The third-order valence-electron chi connectivity index (χ3n) is 3.83. The number of nitrogens with zero attached hydrogens (tertiary/aromatic N) is 2. The predicted molar refractivity (Wildman–Crippen MR) is 101 cm³/mol. The number of esters is 1. The van der Waals surface area contributed by atoms with Crippen molar-refractivity contribution in [3.8, 4) is 0 Å². The number of carbonyl (C=O) groups is 2. The molecule has 0 spiro atoms. The maximum Gasteiger partial charge on any atom is 0.338 e. The minimum Gasteiger partial charge on any atom is -0.462 e. The van der Waals surface area contributed by atoms with Gasteiger partial charge in [0.15, 0.2) is 0 Å². The Balaban J connectivity index is 1.89. The molecule has 2 amide bonds. The number of anilines is 1. The Morgan fingerprint density at radius 2 is 1.72 bits per heavy atom. The molecule has 1 N–H and O–H groups in total. The van der Waals surface area contributed by atoms with Crippen LogP contribution in [0.25, 0.3) is 0 Å². The average molecular weight is 361 g/mol. The minimum atomic E-state index is -0.381. The number of benzene rings is 1. The number of aromatic nitrogens is 1. The molecule has 134 valence electrons. The smallest absolute Gasteiger partial charge is 0.338 e. The highest BCUT2D eigenvalue weighted by Crippen LogP contribution is 2.13. The van der Waals surface area contributed by atoms with E-state index in [2.05, 4.69) is 22.7 Å². The maximum absolute atomic E-state index is 12.2. The van der Waals surface area contributed by atoms with E-state index in [9.17, 15) is 9.59 Å². The van der Waals surface area contributed by atoms with Crippen LogP contribution in [0, 0.1) is 13.8 Å². The SMILES string of the molecule is CCOC(=O)c1ccc(NC(=O)N(S)CCn2c(C)ccc2C)cc1. The van der Waals surface area contributed by atoms with Gasteiger partial charge in [-0.2, -0.15) is 0 Å². The molecule has 0 radical (unpaired) electrons. The lowest BCUT2D eigenvalue weighted by atomic mass is 10.2. The first-order valence-electron chi connectivity index (χ1n) is 8.09. The Bertz CT molecular complexity index is 721. The molecule has 1 aromatic carbocycles. The van der Waals surface area contributed by atoms with Gasteiger partial charge in [0.1, 0.15) is 0 Å². The van der Waals surface area contributed by atoms with E-state index in [-0.39, 0.29) is 12.0 Å². The summed E-state index contributed by atoms with van der Waals surface area (Å²) < 4.78 is 8.39. The van der Waals surface area contributed by atoms with E-state index in [4.69, 9.17) is 4.74 Å². The van der Waals surface area contributed by atoms with E-state index in [0.717, 1.165) is 11.4 Å². The monoisotopic (exact) mass is 361 g/mol. The molecule has 0 aliphatic rings. The summed E-state index contributed by atoms with van der Waals surface area (Å²) in [5.74, 6) is -0.381. The van der Waals surface area contributed by atoms with Crippen LogP contribution in [0.4, 0.5) is 10.5 Å². The van der Waals surface area contributed by atoms with Gasteiger partial charge in [-0.1, -0.05) is 12.8 Å². The lowest BCUT2D eigenvalue weighted by Gasteiger charge is -2.18. The molecule has 25 heavy (non-hydrogen) atoms. The van der Waals surface area contributed by atoms with E-state index in [1.165, 1.54) is 4.31 Å². The normalized spacial score (nSPS) is 10.4. The minimum absolute atomic E-state index is 0.324. The number of ether oxygens (including phenoxy) is 1. The predicted octanol–water partition coefficient (Wildman–Crippen LogP) is 3.66. The number of nitrogens with one attached hydrogen (secondary N) is 1. The molecule has 6 nitrogen and oxygen atoms in total. The molecule has 0 unspecified atom stereocenters. The van der Waals surface area contributed by atoms with Crippen molar-refractivity contribution in [1.82, 2.24) is 8.87 Å². The molecular formula is C18H23N3O3S. The molecule has 0 fully saturated rings. The number of carbonyl (C=O) groups excluding carboxylic acids is 2. The van der Waals surface area contributed by atoms with Gasteiger partial charge in [0.2, 0.25) is 0 Å². The Morgan fingerprint density at radius 3 is 2.28 bits per heavy atom. The Morgan fingerprint density at radius 1 is 1.12 bits per heavy atom. The molecule has 2 rings (SSSR count). The van der Waals surface area contributed by atoms with Gasteiger partial charge in [-0.05, 0) is 57.2 Å². The van der Waals surface area contributed by atoms with Gasteiger partial charge in [0.05, 0.1) is 18.7 Å². The maximum atomic E-state index is 12.2. The molecule has 1 heterocycles. The Labute approximate surface area is 153 Å². The summed E-state index contributed by atoms with van der Waals surface area (Å²) in [5, 5.41) is 2.75. The Hall–Kier alpha value is -2.41. The summed E-state index contributed by atoms with van der Waals surface area (Å²) in [5.41, 5.74) is 3.33. The topological polar surface area (TPSA) is 63.6 Å². The highest BCUT2D eigenvalue weighted by molar-refractivity contribution is 7.78. The largest absolute Gasteiger partial charge is 0.462 e. The summed E-state index contributed by atoms with van der Waals surface area (Å²) in [6.45, 7) is 7.27. The first-order valence-corrected chi connectivity index (χ1v) is 8.49. The van der Waals surface area contributed by atoms with Crippen molar-refractivity contribution in [3.63, 3.8) is 0 Å². The summed E-state index contributed by atoms with van der Waals surface area (Å²) in [6.07, 6.45) is 0. The first kappa shape index (κ1) is 18.9. The molecule has 0 saturated heterocycles. The molecule has 0 aliphatic carbocycles. The van der Waals surface area contributed by atoms with Crippen LogP contribution in [0.5, 0.6) is 0 Å². The van der Waals surface area contributed by atoms with Crippen LogP contribution in [0.2, 0.25) is 0 Å². The van der Waals surface area contributed by atoms with Crippen molar-refractivity contribution < 1.29 is 14.3 Å². The number of hydrogen-bond acceptors (Lipinski definition) is 4. The van der Waals surface area contributed by atoms with E-state index in [0.29, 0.717) is 30.9 Å². The highest BCUT2D eigenvalue weighted by atomic mass is 32.1. The lowest BCUT2D eigenvalue weighted by molar-refractivity contribution is 0.0526. The van der Waals surface area contributed by atoms with Crippen LogP contribution in [0.3, 0.4) is 0 Å². The fourth-order valence-corrected chi connectivity index (χ4v) is 2.58. The zero-order valence-corrected chi connectivity index (χ0v) is 15.5. The lowest BCUT2D eigenvalue weighted by Crippen LogP contribution is -2.30. The zero-order valence-electron chi connectivity index (χ0n) is 14.7. The molecule has 1 aromatic heterocycles. The van der Waals surface area contributed by atoms with Crippen molar-refractivity contribution in [2.45, 2.75) is 27.3 Å². The summed E-state index contributed by atoms with van der Waals surface area (Å²) in [4.78, 5) is 23.8. The average Bonchev–Trinajstić information content (AvgIpc) is 2.91. The standard InChI is InChI=1S/C18H23N3O3S/c1-4-24-17(22)15-7-9-16(10-8-15)19-18(23)21(25)12-11-20-13(2)5-6-14(20)3/h5-10,25H,4,11-12H2,1-3H3,(H,19,23). The molecule has 0 saturated carbocycles. The fraction of sp³-hybridized carbons (Fsp3) is 0.333. The summed E-state index contributed by atoms with van der Waals surface area (Å²) in [7, 11) is 0. The van der Waals surface area contributed by atoms with Gasteiger partial charge in [0.25, 0.3) is 0 Å². The second kappa shape index (κ2) is 8.62. The van der Waals surface area contributed by atoms with E-state index in [1.807, 2.05) is 26.0 Å². The quantitative estimate of drug-likeness (QED) is 0.610. The number of thiol groups is 1. The van der Waals surface area contributed by atoms with Gasteiger partial charge < -0.3 is 14.6 Å². The van der Waals surface area contributed by atoms with Crippen LogP contribution >= 0.6 is 12.8 Å². The van der Waals surface area contributed by atoms with Crippen LogP contribution < -0.4 is 5.32 Å².